The maximum atomic E-state index is 16.8. The van der Waals surface area contributed by atoms with Gasteiger partial charge in [-0.3, -0.25) is 19.2 Å². The number of nitrogens with zero attached hydrogens (tertiary/aromatic N) is 2. The van der Waals surface area contributed by atoms with Crippen molar-refractivity contribution in [3.63, 3.8) is 0 Å². The molecular formula is C47H47FN4O6Si. The summed E-state index contributed by atoms with van der Waals surface area (Å²) in [5, 5.41) is 16.2. The molecule has 5 atom stereocenters. The molecule has 0 radical (unpaired) electrons. The van der Waals surface area contributed by atoms with Gasteiger partial charge in [0, 0.05) is 46.1 Å². The molecule has 10 nitrogen and oxygen atoms in total. The molecule has 0 bridgehead atoms. The molecule has 3 aliphatic rings. The first-order valence-corrected chi connectivity index (χ1v) is 22.9. The molecule has 59 heavy (non-hydrogen) atoms. The van der Waals surface area contributed by atoms with Crippen LogP contribution >= 0.6 is 0 Å². The number of halogens is 1. The highest BCUT2D eigenvalue weighted by Crippen LogP contribution is 2.60. The van der Waals surface area contributed by atoms with Gasteiger partial charge in [0.1, 0.15) is 0 Å². The van der Waals surface area contributed by atoms with Gasteiger partial charge in [-0.1, -0.05) is 79.7 Å². The SMILES string of the molecule is C[C@H]1[C@H]([Si](C)(C)F)[C@@H](CC(=O)N2Cc3ccccc3C[C@H]2CO)O[C@]12C(=O)N(Cc1ccc(NC(=O)c3ccccc3)cc1)c1ccc(NC(=O)c3ccccc3)cc12. The molecule has 5 aromatic carbocycles. The van der Waals surface area contributed by atoms with E-state index in [2.05, 4.69) is 10.6 Å². The minimum Gasteiger partial charge on any atom is -0.394 e. The highest BCUT2D eigenvalue weighted by atomic mass is 28.4. The van der Waals surface area contributed by atoms with Gasteiger partial charge in [-0.25, -0.2) is 0 Å². The first-order chi connectivity index (χ1) is 28.4. The number of benzene rings is 5. The van der Waals surface area contributed by atoms with Crippen LogP contribution in [0, 0.1) is 5.92 Å². The summed E-state index contributed by atoms with van der Waals surface area (Å²) in [5.74, 6) is -1.92. The summed E-state index contributed by atoms with van der Waals surface area (Å²) in [7, 11) is -3.64. The Bertz CT molecular complexity index is 2390. The van der Waals surface area contributed by atoms with E-state index in [1.807, 2.05) is 55.5 Å². The second kappa shape index (κ2) is 16.0. The van der Waals surface area contributed by atoms with Crippen LogP contribution in [0.15, 0.2) is 127 Å². The lowest BCUT2D eigenvalue weighted by Gasteiger charge is -2.37. The first-order valence-electron chi connectivity index (χ1n) is 20.0. The highest BCUT2D eigenvalue weighted by Gasteiger charge is 2.67. The maximum absolute atomic E-state index is 16.8. The molecule has 1 spiro atoms. The Morgan fingerprint density at radius 1 is 0.814 bits per heavy atom. The van der Waals surface area contributed by atoms with Crippen LogP contribution in [0.3, 0.4) is 0 Å². The number of ether oxygens (including phenoxy) is 1. The summed E-state index contributed by atoms with van der Waals surface area (Å²) in [4.78, 5) is 58.9. The standard InChI is InChI=1S/C47H47FN4O6Si/c1-30-43(59(2,3)48)41(26-42(54)51-28-35-17-11-10-16-34(35)24-38(51)29-53)58-47(30)39-25-37(50-45(56)33-14-8-5-9-15-33)22-23-40(39)52(46(47)57)27-31-18-20-36(21-19-31)49-44(55)32-12-6-4-7-13-32/h4-23,25,30,38,41,43,53H,24,26-29H2,1-3H3,(H,49,55)(H,50,56)/t30-,38-,41+,43-,47+/m0/s1. The molecule has 0 unspecified atom stereocenters. The zero-order valence-electron chi connectivity index (χ0n) is 33.2. The van der Waals surface area contributed by atoms with Crippen LogP contribution in [0.4, 0.5) is 21.2 Å². The highest BCUT2D eigenvalue weighted by molar-refractivity contribution is 6.72. The third kappa shape index (κ3) is 7.59. The zero-order chi connectivity index (χ0) is 41.5. The summed E-state index contributed by atoms with van der Waals surface area (Å²) < 4.78 is 23.7. The number of nitrogens with one attached hydrogen (secondary N) is 2. The Morgan fingerprint density at radius 2 is 1.39 bits per heavy atom. The van der Waals surface area contributed by atoms with Crippen LogP contribution in [0.25, 0.3) is 0 Å². The number of hydrogen-bond donors (Lipinski definition) is 3. The van der Waals surface area contributed by atoms with Gasteiger partial charge in [0.05, 0.1) is 37.4 Å². The van der Waals surface area contributed by atoms with Gasteiger partial charge in [-0.15, -0.1) is 0 Å². The van der Waals surface area contributed by atoms with Gasteiger partial charge in [-0.05, 0) is 90.8 Å². The Labute approximate surface area is 344 Å². The quantitative estimate of drug-likeness (QED) is 0.0975. The molecule has 3 N–H and O–H groups in total. The molecule has 3 aliphatic heterocycles. The van der Waals surface area contributed by atoms with E-state index in [9.17, 15) is 19.5 Å². The number of anilines is 3. The number of aliphatic hydroxyl groups is 1. The molecule has 8 rings (SSSR count). The van der Waals surface area contributed by atoms with Gasteiger partial charge in [0.25, 0.3) is 17.7 Å². The molecule has 0 aliphatic carbocycles. The lowest BCUT2D eigenvalue weighted by Crippen LogP contribution is -2.48. The van der Waals surface area contributed by atoms with E-state index >= 15 is 8.90 Å². The predicted molar refractivity (Wildman–Crippen MR) is 227 cm³/mol. The number of amides is 4. The van der Waals surface area contributed by atoms with Crippen molar-refractivity contribution in [2.45, 2.75) is 69.2 Å². The summed E-state index contributed by atoms with van der Waals surface area (Å²) in [5.41, 5.74) is 3.48. The molecule has 4 amide bonds. The molecule has 302 valence electrons. The van der Waals surface area contributed by atoms with E-state index in [1.54, 1.807) is 102 Å². The van der Waals surface area contributed by atoms with Crippen molar-refractivity contribution >= 4 is 49.1 Å². The number of carbonyl (C=O) groups excluding carboxylic acids is 4. The van der Waals surface area contributed by atoms with Crippen LogP contribution in [0.2, 0.25) is 18.6 Å². The summed E-state index contributed by atoms with van der Waals surface area (Å²) >= 11 is 0. The van der Waals surface area contributed by atoms with E-state index in [-0.39, 0.29) is 43.2 Å². The minimum atomic E-state index is -3.64. The smallest absolute Gasteiger partial charge is 0.264 e. The zero-order valence-corrected chi connectivity index (χ0v) is 34.2. The number of hydrogen-bond acceptors (Lipinski definition) is 6. The lowest BCUT2D eigenvalue weighted by molar-refractivity contribution is -0.151. The molecule has 5 aromatic rings. The Kier molecular flexibility index (Phi) is 10.8. The summed E-state index contributed by atoms with van der Waals surface area (Å²) in [6, 6.07) is 37.5. The normalized spacial score (nSPS) is 22.2. The summed E-state index contributed by atoms with van der Waals surface area (Å²) in [6.45, 7) is 5.24. The van der Waals surface area contributed by atoms with E-state index in [0.717, 1.165) is 16.7 Å². The fourth-order valence-electron chi connectivity index (χ4n) is 9.28. The fraction of sp³-hybridized carbons (Fsp3) is 0.277. The number of rotatable bonds is 10. The molecule has 1 saturated heterocycles. The number of carbonyl (C=O) groups is 4. The van der Waals surface area contributed by atoms with Crippen LogP contribution in [0.1, 0.15) is 56.3 Å². The van der Waals surface area contributed by atoms with Crippen molar-refractivity contribution in [3.05, 3.63) is 161 Å². The van der Waals surface area contributed by atoms with E-state index < -0.39 is 37.6 Å². The fourth-order valence-corrected chi connectivity index (χ4v) is 11.8. The Hall–Kier alpha value is -5.95. The van der Waals surface area contributed by atoms with Gasteiger partial charge in [0.2, 0.25) is 14.3 Å². The van der Waals surface area contributed by atoms with Crippen LogP contribution in [-0.4, -0.2) is 60.8 Å². The molecule has 1 fully saturated rings. The average molecular weight is 811 g/mol. The van der Waals surface area contributed by atoms with Gasteiger partial charge in [0.15, 0.2) is 5.60 Å². The molecule has 0 saturated carbocycles. The monoisotopic (exact) mass is 810 g/mol. The van der Waals surface area contributed by atoms with E-state index in [1.165, 1.54) is 0 Å². The van der Waals surface area contributed by atoms with Crippen LogP contribution in [-0.2, 0) is 39.4 Å². The van der Waals surface area contributed by atoms with Crippen LogP contribution < -0.4 is 15.5 Å². The van der Waals surface area contributed by atoms with Crippen molar-refractivity contribution in [2.24, 2.45) is 5.92 Å². The van der Waals surface area contributed by atoms with Gasteiger partial charge < -0.3 is 34.4 Å². The molecule has 3 heterocycles. The van der Waals surface area contributed by atoms with Gasteiger partial charge in [-0.2, -0.15) is 0 Å². The second-order valence-electron chi connectivity index (χ2n) is 16.3. The first kappa shape index (κ1) is 39.9. The van der Waals surface area contributed by atoms with Crippen molar-refractivity contribution in [3.8, 4) is 0 Å². The Morgan fingerprint density at radius 3 is 2.00 bits per heavy atom. The van der Waals surface area contributed by atoms with E-state index in [0.29, 0.717) is 46.7 Å². The van der Waals surface area contributed by atoms with Gasteiger partial charge >= 0.3 is 0 Å². The second-order valence-corrected chi connectivity index (χ2v) is 20.1. The van der Waals surface area contributed by atoms with E-state index in [4.69, 9.17) is 4.74 Å². The third-order valence-corrected chi connectivity index (χ3v) is 14.6. The average Bonchev–Trinajstić information content (AvgIpc) is 3.66. The van der Waals surface area contributed by atoms with Crippen molar-refractivity contribution in [2.75, 3.05) is 22.1 Å². The van der Waals surface area contributed by atoms with Crippen molar-refractivity contribution in [1.82, 2.24) is 4.90 Å². The summed E-state index contributed by atoms with van der Waals surface area (Å²) in [6.07, 6.45) is -0.609. The number of aliphatic hydroxyl groups excluding tert-OH is 1. The van der Waals surface area contributed by atoms with Crippen molar-refractivity contribution in [1.29, 1.82) is 0 Å². The maximum Gasteiger partial charge on any atom is 0.264 e. The van der Waals surface area contributed by atoms with Crippen LogP contribution in [0.5, 0.6) is 0 Å². The predicted octanol–water partition coefficient (Wildman–Crippen LogP) is 7.85. The molecule has 12 heteroatoms. The third-order valence-electron chi connectivity index (χ3n) is 12.1. The number of fused-ring (bicyclic) bond motifs is 3. The largest absolute Gasteiger partial charge is 0.394 e. The lowest BCUT2D eigenvalue weighted by atomic mass is 9.82. The topological polar surface area (TPSA) is 128 Å². The Balaban J connectivity index is 1.12. The molecule has 0 aromatic heterocycles. The molecular weight excluding hydrogens is 764 g/mol. The minimum absolute atomic E-state index is 0.141. The van der Waals surface area contributed by atoms with Crippen molar-refractivity contribution < 1.29 is 33.1 Å².